The predicted octanol–water partition coefficient (Wildman–Crippen LogP) is 3.61. The van der Waals surface area contributed by atoms with Gasteiger partial charge < -0.3 is 10.1 Å². The third-order valence-electron chi connectivity index (χ3n) is 2.53. The Morgan fingerprint density at radius 1 is 1.19 bits per heavy atom. The molecule has 2 rings (SSSR count). The normalized spacial score (nSPS) is 10.0. The van der Waals surface area contributed by atoms with Gasteiger partial charge in [0.1, 0.15) is 0 Å². The second-order valence-corrected chi connectivity index (χ2v) is 5.45. The first kappa shape index (κ1) is 15.4. The standard InChI is InChI=1S/C15H11FINO3/c1-9(19)21-14-7-10(5-6-13(14)16)15(20)18-12-4-2-3-11(17)8-12/h2-8H,1H3,(H,18,20). The Bertz CT molecular complexity index is 703. The molecule has 2 aromatic rings. The van der Waals surface area contributed by atoms with Crippen LogP contribution in [0.15, 0.2) is 42.5 Å². The fraction of sp³-hybridized carbons (Fsp3) is 0.0667. The van der Waals surface area contributed by atoms with Crippen LogP contribution in [0, 0.1) is 9.39 Å². The highest BCUT2D eigenvalue weighted by atomic mass is 127. The molecule has 2 aromatic carbocycles. The predicted molar refractivity (Wildman–Crippen MR) is 84.8 cm³/mol. The van der Waals surface area contributed by atoms with Crippen LogP contribution in [-0.2, 0) is 4.79 Å². The van der Waals surface area contributed by atoms with Gasteiger partial charge in [-0.05, 0) is 59.0 Å². The van der Waals surface area contributed by atoms with E-state index in [9.17, 15) is 14.0 Å². The number of halogens is 2. The maximum Gasteiger partial charge on any atom is 0.308 e. The van der Waals surface area contributed by atoms with E-state index >= 15 is 0 Å². The Labute approximate surface area is 134 Å². The van der Waals surface area contributed by atoms with Gasteiger partial charge >= 0.3 is 5.97 Å². The minimum absolute atomic E-state index is 0.200. The molecule has 0 heterocycles. The van der Waals surface area contributed by atoms with E-state index in [0.717, 1.165) is 16.6 Å². The van der Waals surface area contributed by atoms with E-state index in [1.807, 2.05) is 12.1 Å². The Kier molecular flexibility index (Phi) is 4.89. The van der Waals surface area contributed by atoms with Gasteiger partial charge in [-0.15, -0.1) is 0 Å². The lowest BCUT2D eigenvalue weighted by Gasteiger charge is -2.08. The van der Waals surface area contributed by atoms with Crippen LogP contribution in [0.5, 0.6) is 5.75 Å². The summed E-state index contributed by atoms with van der Waals surface area (Å²) in [5, 5.41) is 2.69. The fourth-order valence-corrected chi connectivity index (χ4v) is 2.19. The van der Waals surface area contributed by atoms with Crippen LogP contribution in [0.4, 0.5) is 10.1 Å². The zero-order chi connectivity index (χ0) is 15.4. The topological polar surface area (TPSA) is 55.4 Å². The van der Waals surface area contributed by atoms with Gasteiger partial charge in [0.15, 0.2) is 11.6 Å². The van der Waals surface area contributed by atoms with Gasteiger partial charge in [0, 0.05) is 21.7 Å². The number of hydrogen-bond donors (Lipinski definition) is 1. The van der Waals surface area contributed by atoms with Crippen molar-refractivity contribution in [3.8, 4) is 5.75 Å². The third kappa shape index (κ3) is 4.25. The molecule has 0 atom stereocenters. The van der Waals surface area contributed by atoms with Crippen molar-refractivity contribution in [2.24, 2.45) is 0 Å². The number of anilines is 1. The van der Waals surface area contributed by atoms with Crippen LogP contribution < -0.4 is 10.1 Å². The Morgan fingerprint density at radius 3 is 2.62 bits per heavy atom. The van der Waals surface area contributed by atoms with Gasteiger partial charge in [0.05, 0.1) is 0 Å². The van der Waals surface area contributed by atoms with Crippen molar-refractivity contribution in [1.29, 1.82) is 0 Å². The van der Waals surface area contributed by atoms with Crippen molar-refractivity contribution >= 4 is 40.2 Å². The van der Waals surface area contributed by atoms with E-state index in [1.165, 1.54) is 12.1 Å². The summed E-state index contributed by atoms with van der Waals surface area (Å²) in [5.74, 6) is -2.02. The zero-order valence-corrected chi connectivity index (χ0v) is 13.2. The van der Waals surface area contributed by atoms with Crippen LogP contribution in [0.1, 0.15) is 17.3 Å². The number of esters is 1. The summed E-state index contributed by atoms with van der Waals surface area (Å²) >= 11 is 2.13. The summed E-state index contributed by atoms with van der Waals surface area (Å²) in [6.45, 7) is 1.16. The zero-order valence-electron chi connectivity index (χ0n) is 11.0. The first-order chi connectivity index (χ1) is 9.95. The largest absolute Gasteiger partial charge is 0.424 e. The molecule has 0 fully saturated rings. The molecule has 1 N–H and O–H groups in total. The summed E-state index contributed by atoms with van der Waals surface area (Å²) in [6, 6.07) is 10.9. The average molecular weight is 399 g/mol. The fourth-order valence-electron chi connectivity index (χ4n) is 1.65. The molecule has 0 saturated heterocycles. The van der Waals surface area contributed by atoms with Crippen molar-refractivity contribution in [2.75, 3.05) is 5.32 Å². The lowest BCUT2D eigenvalue weighted by Crippen LogP contribution is -2.13. The molecular formula is C15H11FINO3. The molecule has 0 unspecified atom stereocenters. The molecular weight excluding hydrogens is 388 g/mol. The molecule has 0 bridgehead atoms. The Morgan fingerprint density at radius 2 is 1.95 bits per heavy atom. The SMILES string of the molecule is CC(=O)Oc1cc(C(=O)Nc2cccc(I)c2)ccc1F. The molecule has 0 saturated carbocycles. The Hall–Kier alpha value is -1.96. The summed E-state index contributed by atoms with van der Waals surface area (Å²) in [6.07, 6.45) is 0. The number of ether oxygens (including phenoxy) is 1. The molecule has 0 radical (unpaired) electrons. The smallest absolute Gasteiger partial charge is 0.308 e. The van der Waals surface area contributed by atoms with Gasteiger partial charge in [0.2, 0.25) is 0 Å². The van der Waals surface area contributed by atoms with Crippen molar-refractivity contribution in [3.05, 3.63) is 57.4 Å². The average Bonchev–Trinajstić information content (AvgIpc) is 2.40. The molecule has 0 aliphatic rings. The monoisotopic (exact) mass is 399 g/mol. The maximum absolute atomic E-state index is 13.5. The second-order valence-electron chi connectivity index (χ2n) is 4.20. The van der Waals surface area contributed by atoms with E-state index in [-0.39, 0.29) is 11.3 Å². The molecule has 0 aliphatic carbocycles. The van der Waals surface area contributed by atoms with Crippen molar-refractivity contribution < 1.29 is 18.7 Å². The van der Waals surface area contributed by atoms with Crippen LogP contribution in [0.2, 0.25) is 0 Å². The van der Waals surface area contributed by atoms with Crippen molar-refractivity contribution in [3.63, 3.8) is 0 Å². The molecule has 4 nitrogen and oxygen atoms in total. The van der Waals surface area contributed by atoms with E-state index < -0.39 is 17.7 Å². The van der Waals surface area contributed by atoms with Gasteiger partial charge in [-0.2, -0.15) is 0 Å². The highest BCUT2D eigenvalue weighted by Gasteiger charge is 2.12. The van der Waals surface area contributed by atoms with Gasteiger partial charge in [-0.3, -0.25) is 9.59 Å². The maximum atomic E-state index is 13.5. The highest BCUT2D eigenvalue weighted by molar-refractivity contribution is 14.1. The highest BCUT2D eigenvalue weighted by Crippen LogP contribution is 2.20. The van der Waals surface area contributed by atoms with E-state index in [2.05, 4.69) is 27.9 Å². The molecule has 108 valence electrons. The molecule has 0 aromatic heterocycles. The first-order valence-electron chi connectivity index (χ1n) is 6.00. The summed E-state index contributed by atoms with van der Waals surface area (Å²) in [5.41, 5.74) is 0.830. The lowest BCUT2D eigenvalue weighted by atomic mass is 10.2. The minimum atomic E-state index is -0.698. The molecule has 0 spiro atoms. The lowest BCUT2D eigenvalue weighted by molar-refractivity contribution is -0.132. The Balaban J connectivity index is 2.21. The quantitative estimate of drug-likeness (QED) is 0.488. The van der Waals surface area contributed by atoms with Crippen molar-refractivity contribution in [1.82, 2.24) is 0 Å². The first-order valence-corrected chi connectivity index (χ1v) is 7.08. The number of rotatable bonds is 3. The third-order valence-corrected chi connectivity index (χ3v) is 3.20. The second kappa shape index (κ2) is 6.66. The van der Waals surface area contributed by atoms with Gasteiger partial charge in [-0.1, -0.05) is 6.07 Å². The summed E-state index contributed by atoms with van der Waals surface area (Å²) < 4.78 is 19.2. The van der Waals surface area contributed by atoms with Gasteiger partial charge in [-0.25, -0.2) is 4.39 Å². The van der Waals surface area contributed by atoms with E-state index in [0.29, 0.717) is 5.69 Å². The summed E-state index contributed by atoms with van der Waals surface area (Å²) in [4.78, 5) is 23.0. The number of carbonyl (C=O) groups excluding carboxylic acids is 2. The minimum Gasteiger partial charge on any atom is -0.424 e. The summed E-state index contributed by atoms with van der Waals surface area (Å²) in [7, 11) is 0. The molecule has 0 aliphatic heterocycles. The van der Waals surface area contributed by atoms with Crippen LogP contribution in [-0.4, -0.2) is 11.9 Å². The molecule has 6 heteroatoms. The number of carbonyl (C=O) groups is 2. The van der Waals surface area contributed by atoms with Crippen molar-refractivity contribution in [2.45, 2.75) is 6.92 Å². The van der Waals surface area contributed by atoms with Crippen LogP contribution >= 0.6 is 22.6 Å². The number of benzene rings is 2. The number of hydrogen-bond acceptors (Lipinski definition) is 3. The van der Waals surface area contributed by atoms with E-state index in [1.54, 1.807) is 12.1 Å². The molecule has 1 amide bonds. The number of nitrogens with one attached hydrogen (secondary N) is 1. The number of amides is 1. The van der Waals surface area contributed by atoms with E-state index in [4.69, 9.17) is 4.74 Å². The molecule has 21 heavy (non-hydrogen) atoms. The van der Waals surface area contributed by atoms with Crippen LogP contribution in [0.3, 0.4) is 0 Å². The van der Waals surface area contributed by atoms with Crippen LogP contribution in [0.25, 0.3) is 0 Å². The van der Waals surface area contributed by atoms with Gasteiger partial charge in [0.25, 0.3) is 5.91 Å².